The van der Waals surface area contributed by atoms with Gasteiger partial charge in [-0.1, -0.05) is 47.5 Å². The zero-order chi connectivity index (χ0) is 14.5. The molecule has 106 valence electrons. The topological polar surface area (TPSA) is 12.0 Å². The Hall–Kier alpha value is -0.670. The molecule has 0 radical (unpaired) electrons. The lowest BCUT2D eigenvalue weighted by molar-refractivity contribution is 0.583. The second-order valence-corrected chi connectivity index (χ2v) is 6.15. The van der Waals surface area contributed by atoms with Gasteiger partial charge in [-0.2, -0.15) is 0 Å². The lowest BCUT2D eigenvalue weighted by Gasteiger charge is -2.20. The summed E-state index contributed by atoms with van der Waals surface area (Å²) in [4.78, 5) is 1.27. The molecule has 4 heteroatoms. The third kappa shape index (κ3) is 3.50. The monoisotopic (exact) mass is 325 g/mol. The molecule has 1 N–H and O–H groups in total. The first-order valence-corrected chi connectivity index (χ1v) is 8.38. The van der Waals surface area contributed by atoms with Crippen LogP contribution in [0.15, 0.2) is 47.4 Å². The number of hydrogen-bond donors (Lipinski definition) is 1. The summed E-state index contributed by atoms with van der Waals surface area (Å²) in [5, 5.41) is 4.81. The van der Waals surface area contributed by atoms with Crippen LogP contribution in [-0.2, 0) is 6.42 Å². The SMILES string of the molecule is CNC(Cc1c(Cl)cccc1Cl)c1ccccc1SC. The maximum atomic E-state index is 6.27. The maximum absolute atomic E-state index is 6.27. The van der Waals surface area contributed by atoms with Crippen LogP contribution in [0.3, 0.4) is 0 Å². The molecular weight excluding hydrogens is 309 g/mol. The molecule has 2 rings (SSSR count). The Labute approximate surface area is 134 Å². The van der Waals surface area contributed by atoms with Crippen LogP contribution in [0.25, 0.3) is 0 Å². The van der Waals surface area contributed by atoms with Gasteiger partial charge in [-0.15, -0.1) is 11.8 Å². The molecular formula is C16H17Cl2NS. The van der Waals surface area contributed by atoms with Crippen molar-refractivity contribution in [3.05, 3.63) is 63.6 Å². The van der Waals surface area contributed by atoms with E-state index in [1.54, 1.807) is 11.8 Å². The fourth-order valence-corrected chi connectivity index (χ4v) is 3.47. The summed E-state index contributed by atoms with van der Waals surface area (Å²) >= 11 is 14.3. The van der Waals surface area contributed by atoms with E-state index in [4.69, 9.17) is 23.2 Å². The van der Waals surface area contributed by atoms with E-state index in [0.717, 1.165) is 22.0 Å². The summed E-state index contributed by atoms with van der Waals surface area (Å²) in [5.74, 6) is 0. The zero-order valence-corrected chi connectivity index (χ0v) is 13.8. The highest BCUT2D eigenvalue weighted by molar-refractivity contribution is 7.98. The summed E-state index contributed by atoms with van der Waals surface area (Å²) in [5.41, 5.74) is 2.27. The van der Waals surface area contributed by atoms with Crippen LogP contribution >= 0.6 is 35.0 Å². The van der Waals surface area contributed by atoms with Crippen molar-refractivity contribution in [1.29, 1.82) is 0 Å². The summed E-state index contributed by atoms with van der Waals surface area (Å²) in [7, 11) is 1.96. The Morgan fingerprint density at radius 2 is 1.70 bits per heavy atom. The van der Waals surface area contributed by atoms with Crippen LogP contribution in [0.1, 0.15) is 17.2 Å². The van der Waals surface area contributed by atoms with Crippen molar-refractivity contribution in [3.63, 3.8) is 0 Å². The van der Waals surface area contributed by atoms with Gasteiger partial charge in [0.05, 0.1) is 0 Å². The largest absolute Gasteiger partial charge is 0.313 e. The molecule has 0 aliphatic heterocycles. The minimum Gasteiger partial charge on any atom is -0.313 e. The molecule has 1 nitrogen and oxygen atoms in total. The highest BCUT2D eigenvalue weighted by Crippen LogP contribution is 2.32. The summed E-state index contributed by atoms with van der Waals surface area (Å²) in [6, 6.07) is 14.2. The van der Waals surface area contributed by atoms with E-state index >= 15 is 0 Å². The number of benzene rings is 2. The Balaban J connectivity index is 2.34. The third-order valence-corrected chi connectivity index (χ3v) is 4.85. The first kappa shape index (κ1) is 15.7. The van der Waals surface area contributed by atoms with Gasteiger partial charge in [0.2, 0.25) is 0 Å². The van der Waals surface area contributed by atoms with E-state index in [2.05, 4.69) is 35.8 Å². The van der Waals surface area contributed by atoms with E-state index in [9.17, 15) is 0 Å². The van der Waals surface area contributed by atoms with Gasteiger partial charge >= 0.3 is 0 Å². The van der Waals surface area contributed by atoms with Crippen LogP contribution in [0.5, 0.6) is 0 Å². The first-order chi connectivity index (χ1) is 9.67. The minimum absolute atomic E-state index is 0.191. The average molecular weight is 326 g/mol. The molecule has 0 heterocycles. The number of rotatable bonds is 5. The van der Waals surface area contributed by atoms with Crippen LogP contribution in [0.2, 0.25) is 10.0 Å². The number of halogens is 2. The number of nitrogens with one attached hydrogen (secondary N) is 1. The van der Waals surface area contributed by atoms with Crippen LogP contribution in [0, 0.1) is 0 Å². The van der Waals surface area contributed by atoms with E-state index in [-0.39, 0.29) is 6.04 Å². The minimum atomic E-state index is 0.191. The highest BCUT2D eigenvalue weighted by atomic mass is 35.5. The van der Waals surface area contributed by atoms with Crippen molar-refractivity contribution in [2.75, 3.05) is 13.3 Å². The van der Waals surface area contributed by atoms with Crippen molar-refractivity contribution in [1.82, 2.24) is 5.32 Å². The van der Waals surface area contributed by atoms with Gasteiger partial charge in [0.1, 0.15) is 0 Å². The van der Waals surface area contributed by atoms with Crippen molar-refractivity contribution >= 4 is 35.0 Å². The molecule has 0 aromatic heterocycles. The van der Waals surface area contributed by atoms with Gasteiger partial charge < -0.3 is 5.32 Å². The van der Waals surface area contributed by atoms with Gasteiger partial charge in [0.15, 0.2) is 0 Å². The third-order valence-electron chi connectivity index (χ3n) is 3.33. The van der Waals surface area contributed by atoms with E-state index in [1.807, 2.05) is 25.2 Å². The second kappa shape index (κ2) is 7.37. The zero-order valence-electron chi connectivity index (χ0n) is 11.5. The molecule has 1 unspecified atom stereocenters. The normalized spacial score (nSPS) is 12.4. The standard InChI is InChI=1S/C16H17Cl2NS/c1-19-15(11-6-3-4-9-16(11)20-2)10-12-13(17)7-5-8-14(12)18/h3-9,15,19H,10H2,1-2H3. The molecule has 0 aliphatic carbocycles. The fraction of sp³-hybridized carbons (Fsp3) is 0.250. The van der Waals surface area contributed by atoms with Crippen molar-refractivity contribution in [2.24, 2.45) is 0 Å². The molecule has 20 heavy (non-hydrogen) atoms. The van der Waals surface area contributed by atoms with E-state index < -0.39 is 0 Å². The van der Waals surface area contributed by atoms with Crippen molar-refractivity contribution in [2.45, 2.75) is 17.4 Å². The summed E-state index contributed by atoms with van der Waals surface area (Å²) in [6.45, 7) is 0. The lowest BCUT2D eigenvalue weighted by Crippen LogP contribution is -2.20. The van der Waals surface area contributed by atoms with Crippen molar-refractivity contribution in [3.8, 4) is 0 Å². The average Bonchev–Trinajstić information content (AvgIpc) is 2.47. The van der Waals surface area contributed by atoms with E-state index in [0.29, 0.717) is 0 Å². The van der Waals surface area contributed by atoms with Gasteiger partial charge in [-0.3, -0.25) is 0 Å². The molecule has 0 fully saturated rings. The van der Waals surface area contributed by atoms with Crippen molar-refractivity contribution < 1.29 is 0 Å². The smallest absolute Gasteiger partial charge is 0.0453 e. The molecule has 0 spiro atoms. The Morgan fingerprint density at radius 1 is 1.05 bits per heavy atom. The number of thioether (sulfide) groups is 1. The molecule has 1 atom stereocenters. The molecule has 0 bridgehead atoms. The van der Waals surface area contributed by atoms with Gasteiger partial charge in [0.25, 0.3) is 0 Å². The Bertz CT molecular complexity index is 566. The predicted octanol–water partition coefficient (Wildman–Crippen LogP) is 5.22. The Morgan fingerprint density at radius 3 is 2.30 bits per heavy atom. The highest BCUT2D eigenvalue weighted by Gasteiger charge is 2.16. The maximum Gasteiger partial charge on any atom is 0.0453 e. The van der Waals surface area contributed by atoms with Gasteiger partial charge in [-0.05, 0) is 49.1 Å². The molecule has 0 aliphatic rings. The molecule has 0 amide bonds. The molecule has 0 saturated heterocycles. The molecule has 2 aromatic carbocycles. The predicted molar refractivity (Wildman–Crippen MR) is 90.2 cm³/mol. The first-order valence-electron chi connectivity index (χ1n) is 6.40. The second-order valence-electron chi connectivity index (χ2n) is 4.49. The van der Waals surface area contributed by atoms with Gasteiger partial charge in [-0.25, -0.2) is 0 Å². The van der Waals surface area contributed by atoms with Gasteiger partial charge in [0, 0.05) is 21.0 Å². The lowest BCUT2D eigenvalue weighted by atomic mass is 9.99. The number of hydrogen-bond acceptors (Lipinski definition) is 2. The van der Waals surface area contributed by atoms with Crippen LogP contribution in [0.4, 0.5) is 0 Å². The quantitative estimate of drug-likeness (QED) is 0.756. The molecule has 0 saturated carbocycles. The summed E-state index contributed by atoms with van der Waals surface area (Å²) < 4.78 is 0. The van der Waals surface area contributed by atoms with Crippen LogP contribution in [-0.4, -0.2) is 13.3 Å². The van der Waals surface area contributed by atoms with Crippen LogP contribution < -0.4 is 5.32 Å². The summed E-state index contributed by atoms with van der Waals surface area (Å²) in [6.07, 6.45) is 2.86. The Kier molecular flexibility index (Phi) is 5.79. The fourth-order valence-electron chi connectivity index (χ4n) is 2.25. The number of likely N-dealkylation sites (N-methyl/N-ethyl adjacent to an activating group) is 1. The molecule has 2 aromatic rings. The van der Waals surface area contributed by atoms with E-state index in [1.165, 1.54) is 10.5 Å².